The molecule has 1 N–H and O–H groups in total. The minimum Gasteiger partial charge on any atom is -0.273 e. The van der Waals surface area contributed by atoms with Gasteiger partial charge in [0.15, 0.2) is 0 Å². The van der Waals surface area contributed by atoms with Crippen molar-refractivity contribution in [2.75, 3.05) is 0 Å². The molecule has 0 atom stereocenters. The van der Waals surface area contributed by atoms with Crippen LogP contribution in [0.2, 0.25) is 0 Å². The fourth-order valence-corrected chi connectivity index (χ4v) is 2.81. The van der Waals surface area contributed by atoms with Crippen LogP contribution < -0.4 is 5.43 Å². The van der Waals surface area contributed by atoms with Crippen LogP contribution in [0.4, 0.5) is 0 Å². The van der Waals surface area contributed by atoms with Crippen molar-refractivity contribution >= 4 is 11.6 Å². The molecule has 1 amide bonds. The summed E-state index contributed by atoms with van der Waals surface area (Å²) >= 11 is 0. The number of rotatable bonds is 11. The number of aromatic nitrogens is 1. The molecule has 1 heterocycles. The minimum atomic E-state index is -0.0316. The fourth-order valence-electron chi connectivity index (χ4n) is 2.81. The van der Waals surface area contributed by atoms with Gasteiger partial charge in [0.2, 0.25) is 5.91 Å². The number of hydrogen-bond acceptors (Lipinski definition) is 3. The van der Waals surface area contributed by atoms with Gasteiger partial charge in [-0.1, -0.05) is 75.8 Å². The monoisotopic (exact) mass is 351 g/mol. The van der Waals surface area contributed by atoms with E-state index in [0.29, 0.717) is 6.42 Å². The molecular weight excluding hydrogens is 322 g/mol. The quantitative estimate of drug-likeness (QED) is 0.348. The average molecular weight is 351 g/mol. The van der Waals surface area contributed by atoms with Gasteiger partial charge in [-0.3, -0.25) is 9.78 Å². The summed E-state index contributed by atoms with van der Waals surface area (Å²) in [5.41, 5.74) is 5.28. The number of amides is 1. The molecule has 138 valence electrons. The lowest BCUT2D eigenvalue weighted by Gasteiger charge is -2.07. The maximum atomic E-state index is 12.1. The van der Waals surface area contributed by atoms with Crippen LogP contribution in [0, 0.1) is 0 Å². The largest absolute Gasteiger partial charge is 0.273 e. The SMILES string of the molecule is CCCCCCCCCC(=O)NN=C(c1ccccc1)c1cccnc1. The lowest BCUT2D eigenvalue weighted by atomic mass is 10.0. The van der Waals surface area contributed by atoms with E-state index < -0.39 is 0 Å². The number of hydrazone groups is 1. The Morgan fingerprint density at radius 2 is 1.62 bits per heavy atom. The first-order chi connectivity index (χ1) is 12.8. The number of nitrogens with one attached hydrogen (secondary N) is 1. The molecule has 0 fully saturated rings. The molecule has 0 saturated carbocycles. The minimum absolute atomic E-state index is 0.0316. The van der Waals surface area contributed by atoms with Gasteiger partial charge in [-0.15, -0.1) is 0 Å². The molecule has 0 unspecified atom stereocenters. The van der Waals surface area contributed by atoms with E-state index in [1.807, 2.05) is 42.5 Å². The summed E-state index contributed by atoms with van der Waals surface area (Å²) in [4.78, 5) is 16.3. The topological polar surface area (TPSA) is 54.4 Å². The van der Waals surface area contributed by atoms with Crippen LogP contribution in [-0.4, -0.2) is 16.6 Å². The van der Waals surface area contributed by atoms with Crippen LogP contribution in [-0.2, 0) is 4.79 Å². The molecular formula is C22H29N3O. The van der Waals surface area contributed by atoms with Gasteiger partial charge in [0.1, 0.15) is 0 Å². The van der Waals surface area contributed by atoms with Gasteiger partial charge in [0.05, 0.1) is 5.71 Å². The van der Waals surface area contributed by atoms with Crippen molar-refractivity contribution in [1.29, 1.82) is 0 Å². The van der Waals surface area contributed by atoms with E-state index >= 15 is 0 Å². The molecule has 0 radical (unpaired) electrons. The highest BCUT2D eigenvalue weighted by Gasteiger charge is 2.08. The predicted molar refractivity (Wildman–Crippen MR) is 107 cm³/mol. The van der Waals surface area contributed by atoms with Crippen molar-refractivity contribution in [3.63, 3.8) is 0 Å². The second kappa shape index (κ2) is 12.0. The Hall–Kier alpha value is -2.49. The molecule has 4 nitrogen and oxygen atoms in total. The number of unbranched alkanes of at least 4 members (excludes halogenated alkanes) is 6. The molecule has 0 aliphatic heterocycles. The van der Waals surface area contributed by atoms with E-state index in [4.69, 9.17) is 0 Å². The Labute approximate surface area is 156 Å². The Kier molecular flexibility index (Phi) is 9.12. The summed E-state index contributed by atoms with van der Waals surface area (Å²) in [6.45, 7) is 2.22. The van der Waals surface area contributed by atoms with Gasteiger partial charge < -0.3 is 0 Å². The van der Waals surface area contributed by atoms with Crippen molar-refractivity contribution in [3.05, 3.63) is 66.0 Å². The van der Waals surface area contributed by atoms with Crippen LogP contribution in [0.5, 0.6) is 0 Å². The number of carbonyl (C=O) groups is 1. The van der Waals surface area contributed by atoms with Gasteiger partial charge in [-0.2, -0.15) is 5.10 Å². The molecule has 0 aliphatic rings. The highest BCUT2D eigenvalue weighted by molar-refractivity contribution is 6.12. The third kappa shape index (κ3) is 7.18. The summed E-state index contributed by atoms with van der Waals surface area (Å²) in [7, 11) is 0. The number of carbonyl (C=O) groups excluding carboxylic acids is 1. The molecule has 0 saturated heterocycles. The van der Waals surface area contributed by atoms with Crippen LogP contribution >= 0.6 is 0 Å². The fraction of sp³-hybridized carbons (Fsp3) is 0.409. The highest BCUT2D eigenvalue weighted by Crippen LogP contribution is 2.10. The summed E-state index contributed by atoms with van der Waals surface area (Å²) < 4.78 is 0. The van der Waals surface area contributed by atoms with E-state index in [0.717, 1.165) is 29.7 Å². The van der Waals surface area contributed by atoms with E-state index in [1.54, 1.807) is 12.4 Å². The van der Waals surface area contributed by atoms with E-state index in [1.165, 1.54) is 32.1 Å². The summed E-state index contributed by atoms with van der Waals surface area (Å²) in [6, 6.07) is 13.7. The van der Waals surface area contributed by atoms with Crippen LogP contribution in [0.15, 0.2) is 60.0 Å². The highest BCUT2D eigenvalue weighted by atomic mass is 16.2. The lowest BCUT2D eigenvalue weighted by Crippen LogP contribution is -2.20. The van der Waals surface area contributed by atoms with Crippen molar-refractivity contribution in [1.82, 2.24) is 10.4 Å². The van der Waals surface area contributed by atoms with Gasteiger partial charge in [-0.25, -0.2) is 5.43 Å². The molecule has 26 heavy (non-hydrogen) atoms. The Morgan fingerprint density at radius 3 is 2.31 bits per heavy atom. The molecule has 2 aromatic rings. The van der Waals surface area contributed by atoms with E-state index in [2.05, 4.69) is 22.4 Å². The molecule has 0 bridgehead atoms. The lowest BCUT2D eigenvalue weighted by molar-refractivity contribution is -0.121. The number of nitrogens with zero attached hydrogens (tertiary/aromatic N) is 2. The second-order valence-corrected chi connectivity index (χ2v) is 6.47. The number of hydrogen-bond donors (Lipinski definition) is 1. The Bertz CT molecular complexity index is 627. The third-order valence-electron chi connectivity index (χ3n) is 4.28. The zero-order valence-corrected chi connectivity index (χ0v) is 15.7. The van der Waals surface area contributed by atoms with Crippen LogP contribution in [0.3, 0.4) is 0 Å². The molecule has 4 heteroatoms. The maximum Gasteiger partial charge on any atom is 0.240 e. The Balaban J connectivity index is 1.87. The summed E-state index contributed by atoms with van der Waals surface area (Å²) in [6.07, 6.45) is 12.4. The maximum absolute atomic E-state index is 12.1. The molecule has 1 aromatic heterocycles. The number of pyridine rings is 1. The Morgan fingerprint density at radius 1 is 0.923 bits per heavy atom. The van der Waals surface area contributed by atoms with Gasteiger partial charge >= 0.3 is 0 Å². The van der Waals surface area contributed by atoms with E-state index in [9.17, 15) is 4.79 Å². The first-order valence-electron chi connectivity index (χ1n) is 9.63. The van der Waals surface area contributed by atoms with E-state index in [-0.39, 0.29) is 5.91 Å². The predicted octanol–water partition coefficient (Wildman–Crippen LogP) is 5.09. The molecule has 0 aliphatic carbocycles. The van der Waals surface area contributed by atoms with Crippen molar-refractivity contribution < 1.29 is 4.79 Å². The third-order valence-corrected chi connectivity index (χ3v) is 4.28. The zero-order chi connectivity index (χ0) is 18.5. The standard InChI is InChI=1S/C22H29N3O/c1-2-3-4-5-6-7-11-16-21(26)24-25-22(19-13-9-8-10-14-19)20-15-12-17-23-18-20/h8-10,12-15,17-18H,2-7,11,16H2,1H3,(H,24,26). The second-order valence-electron chi connectivity index (χ2n) is 6.47. The zero-order valence-electron chi connectivity index (χ0n) is 15.7. The van der Waals surface area contributed by atoms with Crippen molar-refractivity contribution in [3.8, 4) is 0 Å². The molecule has 0 spiro atoms. The average Bonchev–Trinajstić information content (AvgIpc) is 2.69. The van der Waals surface area contributed by atoms with Gasteiger partial charge in [0.25, 0.3) is 0 Å². The van der Waals surface area contributed by atoms with Crippen LogP contribution in [0.25, 0.3) is 0 Å². The van der Waals surface area contributed by atoms with Gasteiger partial charge in [-0.05, 0) is 18.6 Å². The van der Waals surface area contributed by atoms with Gasteiger partial charge in [0, 0.05) is 29.9 Å². The van der Waals surface area contributed by atoms with Crippen molar-refractivity contribution in [2.45, 2.75) is 58.3 Å². The molecule has 1 aromatic carbocycles. The number of benzene rings is 1. The van der Waals surface area contributed by atoms with Crippen molar-refractivity contribution in [2.24, 2.45) is 5.10 Å². The summed E-state index contributed by atoms with van der Waals surface area (Å²) in [5, 5.41) is 4.38. The van der Waals surface area contributed by atoms with Crippen LogP contribution in [0.1, 0.15) is 69.4 Å². The normalized spacial score (nSPS) is 11.3. The first kappa shape index (κ1) is 19.8. The smallest absolute Gasteiger partial charge is 0.240 e. The molecule has 2 rings (SSSR count). The first-order valence-corrected chi connectivity index (χ1v) is 9.63. The summed E-state index contributed by atoms with van der Waals surface area (Å²) in [5.74, 6) is -0.0316.